The molecule has 0 bridgehead atoms. The summed E-state index contributed by atoms with van der Waals surface area (Å²) in [7, 11) is 0. The summed E-state index contributed by atoms with van der Waals surface area (Å²) in [5, 5.41) is 11.5. The van der Waals surface area contributed by atoms with Gasteiger partial charge < -0.3 is 5.11 Å². The number of hydrogen-bond donors (Lipinski definition) is 0. The van der Waals surface area contributed by atoms with Gasteiger partial charge in [0.05, 0.1) is 0 Å². The fourth-order valence-corrected chi connectivity index (χ4v) is 2.16. The van der Waals surface area contributed by atoms with Crippen LogP contribution in [-0.4, -0.2) is 0 Å². The van der Waals surface area contributed by atoms with Crippen molar-refractivity contribution in [1.82, 2.24) is 0 Å². The van der Waals surface area contributed by atoms with Crippen molar-refractivity contribution in [2.24, 2.45) is 0 Å². The van der Waals surface area contributed by atoms with Gasteiger partial charge in [-0.25, -0.2) is 0 Å². The van der Waals surface area contributed by atoms with Gasteiger partial charge in [-0.1, -0.05) is 81.7 Å². The Kier molecular flexibility index (Phi) is 11.4. The second kappa shape index (κ2) is 11.7. The molecule has 1 nitrogen and oxygen atoms in total. The molecule has 0 aliphatic heterocycles. The van der Waals surface area contributed by atoms with E-state index in [0.717, 1.165) is 18.4 Å². The predicted octanol–water partition coefficient (Wildman–Crippen LogP) is 1.45. The number of hydrogen-bond acceptors (Lipinski definition) is 1. The molecule has 0 saturated carbocycles. The van der Waals surface area contributed by atoms with Crippen molar-refractivity contribution in [1.29, 1.82) is 0 Å². The number of benzene rings is 1. The Morgan fingerprint density at radius 1 is 0.833 bits per heavy atom. The van der Waals surface area contributed by atoms with Gasteiger partial charge in [0.2, 0.25) is 0 Å². The average molecular weight is 240 g/mol. The third-order valence-corrected chi connectivity index (χ3v) is 3.27. The summed E-state index contributed by atoms with van der Waals surface area (Å²) in [6.45, 7) is 2.25. The van der Waals surface area contributed by atoms with Crippen molar-refractivity contribution >= 4 is 0 Å². The summed E-state index contributed by atoms with van der Waals surface area (Å²) in [4.78, 5) is 0. The smallest absolute Gasteiger partial charge is 0.872 e. The third kappa shape index (κ3) is 7.85. The van der Waals surface area contributed by atoms with Crippen LogP contribution >= 0.6 is 0 Å². The van der Waals surface area contributed by atoms with E-state index in [1.165, 1.54) is 44.9 Å². The first-order valence-corrected chi connectivity index (χ1v) is 7.09. The van der Waals surface area contributed by atoms with Crippen molar-refractivity contribution in [2.75, 3.05) is 0 Å². The van der Waals surface area contributed by atoms with Crippen molar-refractivity contribution in [2.45, 2.75) is 64.7 Å². The Bertz CT molecular complexity index is 299. The fraction of sp³-hybridized carbons (Fsp3) is 0.625. The maximum absolute atomic E-state index is 11.5. The average Bonchev–Trinajstić information content (AvgIpc) is 2.35. The van der Waals surface area contributed by atoms with E-state index < -0.39 is 0 Å². The summed E-state index contributed by atoms with van der Waals surface area (Å²) < 4.78 is 0. The molecule has 0 aromatic heterocycles. The second-order valence-corrected chi connectivity index (χ2v) is 4.83. The molecular weight excluding hydrogens is 215 g/mol. The number of para-hydroxylation sites is 1. The molecule has 0 unspecified atom stereocenters. The van der Waals surface area contributed by atoms with Crippen LogP contribution in [0.1, 0.15) is 63.9 Å². The van der Waals surface area contributed by atoms with Crippen LogP contribution in [0, 0.1) is 0 Å². The van der Waals surface area contributed by atoms with Crippen molar-refractivity contribution < 1.29 is 24.0 Å². The molecule has 1 rings (SSSR count). The molecule has 0 radical (unpaired) electrons. The Morgan fingerprint density at radius 2 is 1.39 bits per heavy atom. The zero-order valence-corrected chi connectivity index (χ0v) is 12.1. The molecule has 96 valence electrons. The monoisotopic (exact) mass is 240 g/mol. The topological polar surface area (TPSA) is 23.1 Å². The van der Waals surface area contributed by atoms with E-state index in [4.69, 9.17) is 0 Å². The molecule has 0 fully saturated rings. The number of aryl methyl sites for hydroxylation is 1. The largest absolute Gasteiger partial charge is 1.00 e. The Labute approximate surface area is 124 Å². The molecule has 1 aromatic carbocycles. The summed E-state index contributed by atoms with van der Waals surface area (Å²) >= 11 is 0. The van der Waals surface area contributed by atoms with Gasteiger partial charge in [-0.2, -0.15) is 0 Å². The minimum absolute atomic E-state index is 0. The van der Waals surface area contributed by atoms with E-state index in [0.29, 0.717) is 0 Å². The fourth-order valence-electron chi connectivity index (χ4n) is 2.16. The van der Waals surface area contributed by atoms with E-state index >= 15 is 0 Å². The molecule has 18 heavy (non-hydrogen) atoms. The van der Waals surface area contributed by atoms with Gasteiger partial charge in [0.1, 0.15) is 0 Å². The molecule has 1 aromatic rings. The summed E-state index contributed by atoms with van der Waals surface area (Å²) in [5.41, 5.74) is 0.985. The first-order valence-electron chi connectivity index (χ1n) is 7.09. The molecular formula is C16H25LiO. The molecule has 0 heterocycles. The zero-order valence-electron chi connectivity index (χ0n) is 12.1. The van der Waals surface area contributed by atoms with Crippen LogP contribution in [0.25, 0.3) is 0 Å². The standard InChI is InChI=1S/C16H26O.Li/c1-2-3-4-5-6-7-8-9-12-15-13-10-11-14-16(15)17;/h10-11,13-14,17H,2-9,12H2,1H3;/q;+1/p-1. The van der Waals surface area contributed by atoms with Crippen LogP contribution in [0.2, 0.25) is 0 Å². The van der Waals surface area contributed by atoms with Crippen LogP contribution in [0.15, 0.2) is 24.3 Å². The SMILES string of the molecule is CCCCCCCCCCc1ccccc1[O-].[Li+]. The molecule has 0 aliphatic carbocycles. The van der Waals surface area contributed by atoms with Crippen LogP contribution in [0.3, 0.4) is 0 Å². The van der Waals surface area contributed by atoms with Crippen LogP contribution in [0.5, 0.6) is 5.75 Å². The number of rotatable bonds is 9. The molecule has 0 spiro atoms. The van der Waals surface area contributed by atoms with Gasteiger partial charge in [-0.3, -0.25) is 0 Å². The summed E-state index contributed by atoms with van der Waals surface area (Å²) in [5.74, 6) is 0.204. The van der Waals surface area contributed by atoms with E-state index in [1.54, 1.807) is 6.07 Å². The Hall–Kier alpha value is -0.383. The Morgan fingerprint density at radius 3 is 2.00 bits per heavy atom. The minimum Gasteiger partial charge on any atom is -0.872 e. The van der Waals surface area contributed by atoms with Crippen molar-refractivity contribution in [3.05, 3.63) is 29.8 Å². The predicted molar refractivity (Wildman–Crippen MR) is 72.2 cm³/mol. The molecule has 0 amide bonds. The van der Waals surface area contributed by atoms with Gasteiger partial charge in [0.15, 0.2) is 0 Å². The number of unbranched alkanes of at least 4 members (excludes halogenated alkanes) is 7. The maximum Gasteiger partial charge on any atom is 1.00 e. The van der Waals surface area contributed by atoms with Crippen LogP contribution < -0.4 is 24.0 Å². The molecule has 0 saturated heterocycles. The van der Waals surface area contributed by atoms with Gasteiger partial charge in [0, 0.05) is 0 Å². The molecule has 0 N–H and O–H groups in total. The van der Waals surface area contributed by atoms with Gasteiger partial charge in [0.25, 0.3) is 0 Å². The molecule has 0 aliphatic rings. The summed E-state index contributed by atoms with van der Waals surface area (Å²) in [6, 6.07) is 7.41. The molecule has 0 atom stereocenters. The van der Waals surface area contributed by atoms with Gasteiger partial charge in [-0.15, -0.1) is 5.75 Å². The molecule has 2 heteroatoms. The normalized spacial score (nSPS) is 10.1. The second-order valence-electron chi connectivity index (χ2n) is 4.83. The first-order chi connectivity index (χ1) is 8.34. The Balaban J connectivity index is 0.00000289. The van der Waals surface area contributed by atoms with Gasteiger partial charge in [-0.05, 0) is 12.8 Å². The van der Waals surface area contributed by atoms with Crippen molar-refractivity contribution in [3.63, 3.8) is 0 Å². The van der Waals surface area contributed by atoms with E-state index in [-0.39, 0.29) is 24.6 Å². The van der Waals surface area contributed by atoms with Crippen molar-refractivity contribution in [3.8, 4) is 5.75 Å². The first kappa shape index (κ1) is 17.6. The minimum atomic E-state index is 0. The van der Waals surface area contributed by atoms with Crippen LogP contribution in [0.4, 0.5) is 0 Å². The summed E-state index contributed by atoms with van der Waals surface area (Å²) in [6.07, 6.45) is 11.5. The maximum atomic E-state index is 11.5. The van der Waals surface area contributed by atoms with E-state index in [1.807, 2.05) is 18.2 Å². The van der Waals surface area contributed by atoms with E-state index in [9.17, 15) is 5.11 Å². The quantitative estimate of drug-likeness (QED) is 0.473. The third-order valence-electron chi connectivity index (χ3n) is 3.27. The zero-order chi connectivity index (χ0) is 12.3. The van der Waals surface area contributed by atoms with Crippen LogP contribution in [-0.2, 0) is 6.42 Å². The van der Waals surface area contributed by atoms with Gasteiger partial charge >= 0.3 is 18.9 Å². The van der Waals surface area contributed by atoms with E-state index in [2.05, 4.69) is 6.92 Å².